The van der Waals surface area contributed by atoms with Gasteiger partial charge in [0.05, 0.1) is 39.6 Å². The summed E-state index contributed by atoms with van der Waals surface area (Å²) in [6, 6.07) is 0. The van der Waals surface area contributed by atoms with E-state index in [4.69, 9.17) is 56.8 Å². The van der Waals surface area contributed by atoms with Crippen LogP contribution < -0.4 is 0 Å². The number of rotatable bonds is 6. The molecule has 0 aromatic heterocycles. The first-order valence-electron chi connectivity index (χ1n) is 21.1. The van der Waals surface area contributed by atoms with Gasteiger partial charge in [-0.2, -0.15) is 0 Å². The van der Waals surface area contributed by atoms with Crippen molar-refractivity contribution in [3.05, 3.63) is 0 Å². The van der Waals surface area contributed by atoms with Gasteiger partial charge in [0.2, 0.25) is 0 Å². The lowest BCUT2D eigenvalue weighted by Crippen LogP contribution is -2.69. The first kappa shape index (κ1) is 52.6. The predicted molar refractivity (Wildman–Crippen MR) is 196 cm³/mol. The minimum Gasteiger partial charge on any atom is -0.394 e. The second-order valence-electron chi connectivity index (χ2n) is 16.8. The summed E-state index contributed by atoms with van der Waals surface area (Å²) in [5, 5.41) is 196. The van der Waals surface area contributed by atoms with Crippen LogP contribution in [0.15, 0.2) is 0 Å². The maximum atomic E-state index is 11.2. The summed E-state index contributed by atoms with van der Waals surface area (Å²) in [5.74, 6) is 0. The minimum absolute atomic E-state index is 0.999. The highest BCUT2D eigenvalue weighted by Gasteiger charge is 2.58. The lowest BCUT2D eigenvalue weighted by atomic mass is 9.94. The smallest absolute Gasteiger partial charge is 0.187 e. The quantitative estimate of drug-likeness (QED) is 0.117. The molecule has 0 aromatic carbocycles. The fourth-order valence-corrected chi connectivity index (χ4v) is 8.93. The summed E-state index contributed by atoms with van der Waals surface area (Å²) in [6.07, 6.45) is -58.5. The van der Waals surface area contributed by atoms with E-state index in [1.165, 1.54) is 0 Å². The number of aliphatic hydroxyl groups excluding tert-OH is 18. The SMILES string of the molecule is OC[C@H]1OC2O[C@H]3[C@H](O)C(O)C(O[C@H]4[C@H](O)C(O)C(O[C@H]5[C@H](O)C(O)C(O[C@H]6[C@H](O)C(O)C(O[C@H]7[C@H](O)C(O)C(OC1[C@H](O)C2O)O[C@@H]7CO)O[C@@H]6CO)O[C@@H]5CO)O[C@@H]4CO)O[C@@H]3CO. The third-order valence-corrected chi connectivity index (χ3v) is 12.7. The van der Waals surface area contributed by atoms with Gasteiger partial charge in [-0.05, 0) is 0 Å². The zero-order valence-electron chi connectivity index (χ0n) is 34.5. The van der Waals surface area contributed by atoms with E-state index in [1.807, 2.05) is 0 Å². The molecule has 22 heterocycles. The summed E-state index contributed by atoms with van der Waals surface area (Å²) >= 11 is 0. The number of hydrogen-bond acceptors (Lipinski definition) is 30. The lowest BCUT2D eigenvalue weighted by Gasteiger charge is -2.50. The van der Waals surface area contributed by atoms with E-state index >= 15 is 0 Å². The average molecular weight is 973 g/mol. The molecule has 22 aliphatic rings. The monoisotopic (exact) mass is 972 g/mol. The highest BCUT2D eigenvalue weighted by Crippen LogP contribution is 2.38. The van der Waals surface area contributed by atoms with E-state index in [2.05, 4.69) is 0 Å². The van der Waals surface area contributed by atoms with Crippen LogP contribution in [0.3, 0.4) is 0 Å². The second kappa shape index (κ2) is 22.1. The highest BCUT2D eigenvalue weighted by molar-refractivity contribution is 5.01. The van der Waals surface area contributed by atoms with Gasteiger partial charge in [-0.1, -0.05) is 0 Å². The van der Waals surface area contributed by atoms with E-state index in [0.717, 1.165) is 0 Å². The van der Waals surface area contributed by atoms with Gasteiger partial charge in [0.1, 0.15) is 146 Å². The zero-order valence-corrected chi connectivity index (χ0v) is 34.5. The van der Waals surface area contributed by atoms with Crippen LogP contribution in [0.25, 0.3) is 0 Å². The molecule has 66 heavy (non-hydrogen) atoms. The summed E-state index contributed by atoms with van der Waals surface area (Å²) in [5.41, 5.74) is 0. The molecule has 30 atom stereocenters. The molecule has 384 valence electrons. The topological polar surface area (TPSA) is 475 Å². The first-order valence-corrected chi connectivity index (χ1v) is 21.1. The molecule has 22 saturated heterocycles. The minimum atomic E-state index is -2.15. The normalized spacial score (nSPS) is 55.4. The molecule has 0 radical (unpaired) electrons. The number of hydrogen-bond donors (Lipinski definition) is 18. The Morgan fingerprint density at radius 1 is 0.182 bits per heavy atom. The third kappa shape index (κ3) is 10.0. The van der Waals surface area contributed by atoms with Gasteiger partial charge in [-0.15, -0.1) is 0 Å². The summed E-state index contributed by atoms with van der Waals surface area (Å²) in [4.78, 5) is 0. The number of aliphatic hydroxyl groups is 18. The molecule has 0 aromatic rings. The van der Waals surface area contributed by atoms with Gasteiger partial charge in [0.25, 0.3) is 0 Å². The molecule has 12 bridgehead atoms. The summed E-state index contributed by atoms with van der Waals surface area (Å²) < 4.78 is 67.9. The van der Waals surface area contributed by atoms with E-state index < -0.39 is 224 Å². The van der Waals surface area contributed by atoms with E-state index in [1.54, 1.807) is 0 Å². The molecule has 22 fully saturated rings. The molecular formula is C36H60O30. The van der Waals surface area contributed by atoms with Crippen LogP contribution in [0.5, 0.6) is 0 Å². The summed E-state index contributed by atoms with van der Waals surface area (Å²) in [7, 11) is 0. The van der Waals surface area contributed by atoms with Crippen LogP contribution in [-0.4, -0.2) is 316 Å². The standard InChI is InChI=1S/C36H60O30/c37-1-7-25-13(43)19(49)31(55-7)62-26-8(2-38)57-33(21(51)15(26)45)64-28-10(4-40)59-35(23(53)17(28)47)66-30-12(6-42)60-36(24(54)18(30)48)65-29-11(5-41)58-34(22(52)16(29)46)63-27-9(3-39)56-32(61-25)20(50)14(27)44/h7-54H,1-6H2/t7-,8-,9-,10-,11-,12-,13-,14-,15-,16-,17-,18-,19?,20?,21?,22?,23?,24?,25-,26-,27-,28-,29-,30?,31?,32?,33?,34?,35?,36?/m1/s1. The molecule has 22 aliphatic heterocycles. The van der Waals surface area contributed by atoms with Crippen molar-refractivity contribution in [2.45, 2.75) is 184 Å². The summed E-state index contributed by atoms with van der Waals surface area (Å²) in [6.45, 7) is -5.99. The van der Waals surface area contributed by atoms with Crippen molar-refractivity contribution in [3.63, 3.8) is 0 Å². The van der Waals surface area contributed by atoms with Crippen LogP contribution in [0.1, 0.15) is 0 Å². The fraction of sp³-hybridized carbons (Fsp3) is 1.00. The molecule has 18 N–H and O–H groups in total. The van der Waals surface area contributed by atoms with Gasteiger partial charge in [0, 0.05) is 0 Å². The van der Waals surface area contributed by atoms with Crippen LogP contribution in [0.4, 0.5) is 0 Å². The van der Waals surface area contributed by atoms with Crippen LogP contribution in [0.2, 0.25) is 0 Å². The van der Waals surface area contributed by atoms with E-state index in [9.17, 15) is 91.9 Å². The molecule has 0 amide bonds. The van der Waals surface area contributed by atoms with Gasteiger partial charge in [0.15, 0.2) is 37.7 Å². The Morgan fingerprint density at radius 3 is 0.409 bits per heavy atom. The third-order valence-electron chi connectivity index (χ3n) is 12.7. The van der Waals surface area contributed by atoms with E-state index in [0.29, 0.717) is 0 Å². The maximum absolute atomic E-state index is 11.2. The zero-order chi connectivity index (χ0) is 48.0. The van der Waals surface area contributed by atoms with Crippen LogP contribution in [-0.2, 0) is 56.8 Å². The van der Waals surface area contributed by atoms with Crippen molar-refractivity contribution < 1.29 is 149 Å². The lowest BCUT2D eigenvalue weighted by molar-refractivity contribution is -0.404. The van der Waals surface area contributed by atoms with Gasteiger partial charge < -0.3 is 149 Å². The first-order chi connectivity index (χ1) is 31.4. The molecule has 0 saturated carbocycles. The van der Waals surface area contributed by atoms with Gasteiger partial charge in [-0.3, -0.25) is 0 Å². The Hall–Kier alpha value is -1.20. The molecule has 22 rings (SSSR count). The van der Waals surface area contributed by atoms with Gasteiger partial charge >= 0.3 is 0 Å². The Kier molecular flexibility index (Phi) is 17.6. The molecule has 30 heteroatoms. The van der Waals surface area contributed by atoms with Crippen molar-refractivity contribution in [3.8, 4) is 0 Å². The average Bonchev–Trinajstić information content (AvgIpc) is 3.31. The molecule has 0 spiro atoms. The highest BCUT2D eigenvalue weighted by atomic mass is 16.8. The number of ether oxygens (including phenoxy) is 12. The van der Waals surface area contributed by atoms with Crippen molar-refractivity contribution >= 4 is 0 Å². The van der Waals surface area contributed by atoms with Crippen molar-refractivity contribution in [2.75, 3.05) is 39.6 Å². The van der Waals surface area contributed by atoms with E-state index in [-0.39, 0.29) is 0 Å². The Morgan fingerprint density at radius 2 is 0.303 bits per heavy atom. The maximum Gasteiger partial charge on any atom is 0.187 e. The molecule has 0 aliphatic carbocycles. The molecular weight excluding hydrogens is 912 g/mol. The second-order valence-corrected chi connectivity index (χ2v) is 16.8. The van der Waals surface area contributed by atoms with Crippen LogP contribution >= 0.6 is 0 Å². The molecule has 30 nitrogen and oxygen atoms in total. The Labute approximate surface area is 372 Å². The Balaban J connectivity index is 1.19. The predicted octanol–water partition coefficient (Wildman–Crippen LogP) is -13.1. The van der Waals surface area contributed by atoms with Gasteiger partial charge in [-0.25, -0.2) is 0 Å². The van der Waals surface area contributed by atoms with Crippen molar-refractivity contribution in [1.82, 2.24) is 0 Å². The van der Waals surface area contributed by atoms with Crippen molar-refractivity contribution in [2.24, 2.45) is 0 Å². The Bertz CT molecular complexity index is 1230. The largest absolute Gasteiger partial charge is 0.394 e. The fourth-order valence-electron chi connectivity index (χ4n) is 8.93. The molecule has 13 unspecified atom stereocenters. The van der Waals surface area contributed by atoms with Crippen molar-refractivity contribution in [1.29, 1.82) is 0 Å². The van der Waals surface area contributed by atoms with Crippen LogP contribution in [0, 0.1) is 0 Å².